The molecule has 0 bridgehead atoms. The van der Waals surface area contributed by atoms with Crippen molar-refractivity contribution in [2.45, 2.75) is 6.18 Å². The Bertz CT molecular complexity index is 619. The third kappa shape index (κ3) is 2.71. The molecule has 1 aromatic heterocycles. The number of aldehydes is 1. The fourth-order valence-electron chi connectivity index (χ4n) is 1.48. The molecule has 1 heterocycles. The van der Waals surface area contributed by atoms with Crippen LogP contribution in [0.1, 0.15) is 16.2 Å². The number of halogens is 5. The second-order valence-electron chi connectivity index (χ2n) is 3.48. The molecule has 0 amide bonds. The van der Waals surface area contributed by atoms with E-state index in [9.17, 15) is 18.0 Å². The van der Waals surface area contributed by atoms with Crippen molar-refractivity contribution in [2.75, 3.05) is 0 Å². The number of benzene rings is 1. The summed E-state index contributed by atoms with van der Waals surface area (Å²) in [5.41, 5.74) is -2.12. The molecule has 0 saturated carbocycles. The zero-order valence-corrected chi connectivity index (χ0v) is 10.5. The summed E-state index contributed by atoms with van der Waals surface area (Å²) in [5, 5.41) is 6.76. The van der Waals surface area contributed by atoms with Gasteiger partial charge < -0.3 is 0 Å². The molecular weight excluding hydrogens is 306 g/mol. The van der Waals surface area contributed by atoms with Crippen molar-refractivity contribution in [3.05, 3.63) is 39.6 Å². The maximum atomic E-state index is 12.9. The molecule has 0 saturated heterocycles. The SMILES string of the molecule is O=Cc1nnn(-c2cc(Cl)cc(Cl)c2)c1C(F)(F)F. The van der Waals surface area contributed by atoms with Crippen LogP contribution in [0.4, 0.5) is 13.2 Å². The van der Waals surface area contributed by atoms with Crippen LogP contribution in [-0.2, 0) is 6.18 Å². The Morgan fingerprint density at radius 1 is 1.16 bits per heavy atom. The van der Waals surface area contributed by atoms with Gasteiger partial charge in [0.25, 0.3) is 0 Å². The van der Waals surface area contributed by atoms with E-state index < -0.39 is 17.6 Å². The van der Waals surface area contributed by atoms with Crippen LogP contribution in [0, 0.1) is 0 Å². The van der Waals surface area contributed by atoms with E-state index >= 15 is 0 Å². The van der Waals surface area contributed by atoms with Gasteiger partial charge in [0.1, 0.15) is 0 Å². The summed E-state index contributed by atoms with van der Waals surface area (Å²) in [7, 11) is 0. The van der Waals surface area contributed by atoms with Crippen molar-refractivity contribution in [1.82, 2.24) is 15.0 Å². The molecule has 0 radical (unpaired) electrons. The van der Waals surface area contributed by atoms with E-state index in [-0.39, 0.29) is 22.0 Å². The summed E-state index contributed by atoms with van der Waals surface area (Å²) in [4.78, 5) is 10.6. The number of nitrogens with zero attached hydrogens (tertiary/aromatic N) is 3. The Morgan fingerprint density at radius 3 is 2.21 bits per heavy atom. The molecule has 1 aromatic carbocycles. The third-order valence-electron chi connectivity index (χ3n) is 2.17. The molecule has 0 fully saturated rings. The minimum Gasteiger partial charge on any atom is -0.296 e. The molecule has 0 spiro atoms. The molecule has 0 aliphatic heterocycles. The monoisotopic (exact) mass is 309 g/mol. The summed E-state index contributed by atoms with van der Waals surface area (Å²) in [5.74, 6) is 0. The first-order valence-corrected chi connectivity index (χ1v) is 5.53. The van der Waals surface area contributed by atoms with E-state index in [1.54, 1.807) is 0 Å². The zero-order chi connectivity index (χ0) is 14.2. The van der Waals surface area contributed by atoms with E-state index in [0.717, 1.165) is 0 Å². The molecule has 0 aliphatic rings. The quantitative estimate of drug-likeness (QED) is 0.799. The fourth-order valence-corrected chi connectivity index (χ4v) is 1.99. The zero-order valence-electron chi connectivity index (χ0n) is 8.95. The van der Waals surface area contributed by atoms with Crippen molar-refractivity contribution in [2.24, 2.45) is 0 Å². The standard InChI is InChI=1S/C10H4Cl2F3N3O/c11-5-1-6(12)3-7(2-5)18-9(10(13,14)15)8(4-19)16-17-18/h1-4H. The van der Waals surface area contributed by atoms with Gasteiger partial charge in [-0.15, -0.1) is 5.10 Å². The highest BCUT2D eigenvalue weighted by molar-refractivity contribution is 6.34. The van der Waals surface area contributed by atoms with Gasteiger partial charge >= 0.3 is 6.18 Å². The van der Waals surface area contributed by atoms with Crippen LogP contribution >= 0.6 is 23.2 Å². The molecule has 2 rings (SSSR count). The molecule has 0 aliphatic carbocycles. The molecule has 2 aromatic rings. The largest absolute Gasteiger partial charge is 0.435 e. The first kappa shape index (κ1) is 13.8. The van der Waals surface area contributed by atoms with Crippen LogP contribution < -0.4 is 0 Å². The van der Waals surface area contributed by atoms with Crippen LogP contribution in [0.15, 0.2) is 18.2 Å². The van der Waals surface area contributed by atoms with Gasteiger partial charge in [-0.3, -0.25) is 4.79 Å². The number of aromatic nitrogens is 3. The van der Waals surface area contributed by atoms with Gasteiger partial charge in [-0.1, -0.05) is 28.4 Å². The van der Waals surface area contributed by atoms with Gasteiger partial charge in [0.05, 0.1) is 5.69 Å². The summed E-state index contributed by atoms with van der Waals surface area (Å²) in [6.45, 7) is 0. The Labute approximate surface area is 114 Å². The van der Waals surface area contributed by atoms with E-state index in [1.165, 1.54) is 18.2 Å². The maximum Gasteiger partial charge on any atom is 0.435 e. The van der Waals surface area contributed by atoms with Crippen molar-refractivity contribution in [3.63, 3.8) is 0 Å². The second-order valence-corrected chi connectivity index (χ2v) is 4.35. The van der Waals surface area contributed by atoms with E-state index in [1.807, 2.05) is 0 Å². The van der Waals surface area contributed by atoms with Crippen LogP contribution in [-0.4, -0.2) is 21.3 Å². The molecule has 9 heteroatoms. The lowest BCUT2D eigenvalue weighted by atomic mass is 10.3. The third-order valence-corrected chi connectivity index (χ3v) is 2.60. The molecule has 4 nitrogen and oxygen atoms in total. The van der Waals surface area contributed by atoms with Crippen molar-refractivity contribution in [1.29, 1.82) is 0 Å². The van der Waals surface area contributed by atoms with Crippen molar-refractivity contribution in [3.8, 4) is 5.69 Å². The number of carbonyl (C=O) groups excluding carboxylic acids is 1. The van der Waals surface area contributed by atoms with Gasteiger partial charge in [-0.05, 0) is 18.2 Å². The smallest absolute Gasteiger partial charge is 0.296 e. The minimum absolute atomic E-state index is 0.0154. The number of rotatable bonds is 2. The lowest BCUT2D eigenvalue weighted by Crippen LogP contribution is -2.15. The van der Waals surface area contributed by atoms with E-state index in [4.69, 9.17) is 23.2 Å². The molecule has 100 valence electrons. The minimum atomic E-state index is -4.78. The molecule has 0 unspecified atom stereocenters. The predicted octanol–water partition coefficient (Wildman–Crippen LogP) is 3.41. The predicted molar refractivity (Wildman–Crippen MR) is 61.8 cm³/mol. The first-order chi connectivity index (χ1) is 8.82. The second kappa shape index (κ2) is 4.82. The van der Waals surface area contributed by atoms with Gasteiger partial charge in [-0.25, -0.2) is 4.68 Å². The first-order valence-electron chi connectivity index (χ1n) is 4.77. The van der Waals surface area contributed by atoms with Crippen LogP contribution in [0.2, 0.25) is 10.0 Å². The van der Waals surface area contributed by atoms with Crippen molar-refractivity contribution >= 4 is 29.5 Å². The number of alkyl halides is 3. The Kier molecular flexibility index (Phi) is 3.51. The van der Waals surface area contributed by atoms with Crippen LogP contribution in [0.5, 0.6) is 0 Å². The summed E-state index contributed by atoms with van der Waals surface area (Å²) in [6, 6.07) is 3.81. The fraction of sp³-hybridized carbons (Fsp3) is 0.100. The van der Waals surface area contributed by atoms with Gasteiger partial charge in [0.15, 0.2) is 17.7 Å². The van der Waals surface area contributed by atoms with Gasteiger partial charge in [0.2, 0.25) is 0 Å². The number of hydrogen-bond donors (Lipinski definition) is 0. The maximum absolute atomic E-state index is 12.9. The molecular formula is C10H4Cl2F3N3O. The number of hydrogen-bond acceptors (Lipinski definition) is 3. The summed E-state index contributed by atoms with van der Waals surface area (Å²) >= 11 is 11.4. The average Bonchev–Trinajstić information content (AvgIpc) is 2.70. The highest BCUT2D eigenvalue weighted by Gasteiger charge is 2.39. The van der Waals surface area contributed by atoms with Crippen molar-refractivity contribution < 1.29 is 18.0 Å². The normalized spacial score (nSPS) is 11.6. The average molecular weight is 310 g/mol. The lowest BCUT2D eigenvalue weighted by Gasteiger charge is -2.10. The highest BCUT2D eigenvalue weighted by Crippen LogP contribution is 2.33. The molecule has 19 heavy (non-hydrogen) atoms. The van der Waals surface area contributed by atoms with E-state index in [0.29, 0.717) is 4.68 Å². The topological polar surface area (TPSA) is 47.8 Å². The van der Waals surface area contributed by atoms with Crippen LogP contribution in [0.3, 0.4) is 0 Å². The number of carbonyl (C=O) groups is 1. The lowest BCUT2D eigenvalue weighted by molar-refractivity contribution is -0.143. The van der Waals surface area contributed by atoms with Crippen LogP contribution in [0.25, 0.3) is 5.69 Å². The summed E-state index contributed by atoms with van der Waals surface area (Å²) in [6.07, 6.45) is -4.80. The Hall–Kier alpha value is -1.60. The van der Waals surface area contributed by atoms with Gasteiger partial charge in [-0.2, -0.15) is 13.2 Å². The molecule has 0 atom stereocenters. The molecule has 0 N–H and O–H groups in total. The Balaban J connectivity index is 2.69. The van der Waals surface area contributed by atoms with E-state index in [2.05, 4.69) is 10.3 Å². The Morgan fingerprint density at radius 2 is 1.74 bits per heavy atom. The van der Waals surface area contributed by atoms with Gasteiger partial charge in [0, 0.05) is 10.0 Å². The summed E-state index contributed by atoms with van der Waals surface area (Å²) < 4.78 is 39.1. The highest BCUT2D eigenvalue weighted by atomic mass is 35.5.